The number of rotatable bonds is 6. The molecule has 1 N–H and O–H groups in total. The van der Waals surface area contributed by atoms with Crippen LogP contribution in [0.15, 0.2) is 55.1 Å². The Kier molecular flexibility index (Phi) is 5.07. The van der Waals surface area contributed by atoms with Gasteiger partial charge in [-0.1, -0.05) is 0 Å². The zero-order chi connectivity index (χ0) is 18.5. The van der Waals surface area contributed by atoms with Gasteiger partial charge in [-0.2, -0.15) is 0 Å². The molecule has 3 aromatic rings. The zero-order valence-corrected chi connectivity index (χ0v) is 14.7. The molecular formula is C19H19N3O4. The molecule has 1 heterocycles. The number of benzene rings is 2. The fourth-order valence-corrected chi connectivity index (χ4v) is 2.61. The number of nitrogens with one attached hydrogen (secondary N) is 1. The van der Waals surface area contributed by atoms with Crippen LogP contribution in [0.4, 0.5) is 5.69 Å². The lowest BCUT2D eigenvalue weighted by Gasteiger charge is -2.15. The van der Waals surface area contributed by atoms with E-state index in [0.717, 1.165) is 5.69 Å². The van der Waals surface area contributed by atoms with E-state index in [2.05, 4.69) is 10.3 Å². The molecule has 0 atom stereocenters. The maximum absolute atomic E-state index is 12.7. The molecule has 0 saturated carbocycles. The van der Waals surface area contributed by atoms with Gasteiger partial charge in [0.25, 0.3) is 5.91 Å². The Morgan fingerprint density at radius 2 is 1.69 bits per heavy atom. The number of hydrogen-bond donors (Lipinski definition) is 1. The number of anilines is 1. The summed E-state index contributed by atoms with van der Waals surface area (Å²) in [5, 5.41) is 2.85. The maximum atomic E-state index is 12.7. The van der Waals surface area contributed by atoms with E-state index in [9.17, 15) is 4.79 Å². The van der Waals surface area contributed by atoms with Crippen molar-refractivity contribution in [2.75, 3.05) is 26.6 Å². The average Bonchev–Trinajstić information content (AvgIpc) is 3.21. The standard InChI is InChI=1S/C19H19N3O4/c1-24-16-9-8-15(17(25-2)18(16)26-3)19(23)21-13-4-6-14(7-5-13)22-11-10-20-12-22/h4-12H,1-3H3,(H,21,23). The number of aromatic nitrogens is 2. The summed E-state index contributed by atoms with van der Waals surface area (Å²) in [6.45, 7) is 0. The van der Waals surface area contributed by atoms with Crippen LogP contribution in [-0.2, 0) is 0 Å². The summed E-state index contributed by atoms with van der Waals surface area (Å²) in [5.74, 6) is 0.876. The van der Waals surface area contributed by atoms with Gasteiger partial charge in [-0.3, -0.25) is 4.79 Å². The molecule has 2 aromatic carbocycles. The molecule has 3 rings (SSSR count). The lowest BCUT2D eigenvalue weighted by Crippen LogP contribution is -2.14. The quantitative estimate of drug-likeness (QED) is 0.737. The topological polar surface area (TPSA) is 74.6 Å². The molecule has 0 fully saturated rings. The van der Waals surface area contributed by atoms with E-state index in [-0.39, 0.29) is 5.91 Å². The number of imidazole rings is 1. The highest BCUT2D eigenvalue weighted by molar-refractivity contribution is 6.07. The lowest BCUT2D eigenvalue weighted by molar-refractivity contribution is 0.102. The highest BCUT2D eigenvalue weighted by Crippen LogP contribution is 2.39. The number of amides is 1. The van der Waals surface area contributed by atoms with E-state index < -0.39 is 0 Å². The fourth-order valence-electron chi connectivity index (χ4n) is 2.61. The van der Waals surface area contributed by atoms with Gasteiger partial charge in [0.1, 0.15) is 0 Å². The molecule has 0 aliphatic carbocycles. The van der Waals surface area contributed by atoms with Gasteiger partial charge in [0.2, 0.25) is 5.75 Å². The molecule has 0 spiro atoms. The van der Waals surface area contributed by atoms with Crippen molar-refractivity contribution in [1.82, 2.24) is 9.55 Å². The van der Waals surface area contributed by atoms with E-state index >= 15 is 0 Å². The van der Waals surface area contributed by atoms with Gasteiger partial charge in [-0.25, -0.2) is 4.98 Å². The van der Waals surface area contributed by atoms with Crippen LogP contribution < -0.4 is 19.5 Å². The van der Waals surface area contributed by atoms with Crippen molar-refractivity contribution < 1.29 is 19.0 Å². The second-order valence-corrected chi connectivity index (χ2v) is 5.35. The van der Waals surface area contributed by atoms with Gasteiger partial charge in [0.05, 0.1) is 33.2 Å². The Bertz CT molecular complexity index is 890. The van der Waals surface area contributed by atoms with Gasteiger partial charge in [0.15, 0.2) is 11.5 Å². The Balaban J connectivity index is 1.84. The second-order valence-electron chi connectivity index (χ2n) is 5.35. The second kappa shape index (κ2) is 7.60. The van der Waals surface area contributed by atoms with Crippen LogP contribution in [0.3, 0.4) is 0 Å². The van der Waals surface area contributed by atoms with Crippen molar-refractivity contribution in [3.05, 3.63) is 60.7 Å². The Morgan fingerprint density at radius 3 is 2.27 bits per heavy atom. The van der Waals surface area contributed by atoms with Gasteiger partial charge in [-0.15, -0.1) is 0 Å². The fraction of sp³-hybridized carbons (Fsp3) is 0.158. The number of carbonyl (C=O) groups is 1. The largest absolute Gasteiger partial charge is 0.493 e. The number of carbonyl (C=O) groups excluding carboxylic acids is 1. The number of hydrogen-bond acceptors (Lipinski definition) is 5. The molecule has 0 unspecified atom stereocenters. The van der Waals surface area contributed by atoms with Crippen LogP contribution in [-0.4, -0.2) is 36.8 Å². The molecule has 1 amide bonds. The van der Waals surface area contributed by atoms with Gasteiger partial charge in [-0.05, 0) is 36.4 Å². The summed E-state index contributed by atoms with van der Waals surface area (Å²) in [5.41, 5.74) is 1.96. The SMILES string of the molecule is COc1ccc(C(=O)Nc2ccc(-n3ccnc3)cc2)c(OC)c1OC. The first-order valence-corrected chi connectivity index (χ1v) is 7.86. The molecule has 7 nitrogen and oxygen atoms in total. The predicted octanol–water partition coefficient (Wildman–Crippen LogP) is 3.15. The Hall–Kier alpha value is -3.48. The summed E-state index contributed by atoms with van der Waals surface area (Å²) in [6, 6.07) is 10.7. The van der Waals surface area contributed by atoms with Crippen LogP contribution in [0.2, 0.25) is 0 Å². The van der Waals surface area contributed by atoms with Crippen molar-refractivity contribution in [1.29, 1.82) is 0 Å². The molecular weight excluding hydrogens is 334 g/mol. The summed E-state index contributed by atoms with van der Waals surface area (Å²) in [7, 11) is 4.50. The van der Waals surface area contributed by atoms with Crippen molar-refractivity contribution >= 4 is 11.6 Å². The summed E-state index contributed by atoms with van der Waals surface area (Å²) < 4.78 is 17.8. The van der Waals surface area contributed by atoms with Crippen LogP contribution in [0.5, 0.6) is 17.2 Å². The third-order valence-corrected chi connectivity index (χ3v) is 3.88. The molecule has 0 saturated heterocycles. The average molecular weight is 353 g/mol. The van der Waals surface area contributed by atoms with Crippen LogP contribution in [0, 0.1) is 0 Å². The van der Waals surface area contributed by atoms with E-state index in [4.69, 9.17) is 14.2 Å². The number of nitrogens with zero attached hydrogens (tertiary/aromatic N) is 2. The van der Waals surface area contributed by atoms with Crippen molar-refractivity contribution in [3.8, 4) is 22.9 Å². The van der Waals surface area contributed by atoms with Crippen molar-refractivity contribution in [3.63, 3.8) is 0 Å². The number of methoxy groups -OCH3 is 3. The van der Waals surface area contributed by atoms with E-state index in [0.29, 0.717) is 28.5 Å². The van der Waals surface area contributed by atoms with Crippen LogP contribution in [0.1, 0.15) is 10.4 Å². The van der Waals surface area contributed by atoms with Gasteiger partial charge >= 0.3 is 0 Å². The minimum Gasteiger partial charge on any atom is -0.493 e. The lowest BCUT2D eigenvalue weighted by atomic mass is 10.1. The summed E-state index contributed by atoms with van der Waals surface area (Å²) in [6.07, 6.45) is 5.27. The highest BCUT2D eigenvalue weighted by Gasteiger charge is 2.20. The maximum Gasteiger partial charge on any atom is 0.259 e. The molecule has 0 radical (unpaired) electrons. The van der Waals surface area contributed by atoms with Crippen molar-refractivity contribution in [2.45, 2.75) is 0 Å². The van der Waals surface area contributed by atoms with Gasteiger partial charge < -0.3 is 24.1 Å². The molecule has 134 valence electrons. The molecule has 0 aliphatic rings. The molecule has 0 aliphatic heterocycles. The Morgan fingerprint density at radius 1 is 0.962 bits per heavy atom. The first kappa shape index (κ1) is 17.3. The highest BCUT2D eigenvalue weighted by atomic mass is 16.5. The third-order valence-electron chi connectivity index (χ3n) is 3.88. The van der Waals surface area contributed by atoms with Crippen LogP contribution in [0.25, 0.3) is 5.69 Å². The molecule has 0 bridgehead atoms. The predicted molar refractivity (Wildman–Crippen MR) is 97.6 cm³/mol. The zero-order valence-electron chi connectivity index (χ0n) is 14.7. The molecule has 26 heavy (non-hydrogen) atoms. The first-order valence-electron chi connectivity index (χ1n) is 7.86. The minimum absolute atomic E-state index is 0.307. The molecule has 1 aromatic heterocycles. The van der Waals surface area contributed by atoms with E-state index in [1.807, 2.05) is 35.0 Å². The monoisotopic (exact) mass is 353 g/mol. The third kappa shape index (κ3) is 3.32. The van der Waals surface area contributed by atoms with E-state index in [1.54, 1.807) is 24.7 Å². The molecule has 7 heteroatoms. The van der Waals surface area contributed by atoms with Crippen molar-refractivity contribution in [2.24, 2.45) is 0 Å². The normalized spacial score (nSPS) is 10.3. The van der Waals surface area contributed by atoms with Gasteiger partial charge in [0, 0.05) is 23.8 Å². The summed E-state index contributed by atoms with van der Waals surface area (Å²) in [4.78, 5) is 16.7. The first-order chi connectivity index (χ1) is 12.7. The minimum atomic E-state index is -0.307. The summed E-state index contributed by atoms with van der Waals surface area (Å²) >= 11 is 0. The smallest absolute Gasteiger partial charge is 0.259 e. The Labute approximate surface area is 151 Å². The number of ether oxygens (including phenoxy) is 3. The van der Waals surface area contributed by atoms with E-state index in [1.165, 1.54) is 21.3 Å². The van der Waals surface area contributed by atoms with Crippen LogP contribution >= 0.6 is 0 Å².